The van der Waals surface area contributed by atoms with Crippen LogP contribution < -0.4 is 10.1 Å². The highest BCUT2D eigenvalue weighted by molar-refractivity contribution is 6.31. The van der Waals surface area contributed by atoms with Crippen molar-refractivity contribution < 1.29 is 9.53 Å². The Kier molecular flexibility index (Phi) is 5.58. The van der Waals surface area contributed by atoms with Gasteiger partial charge in [-0.1, -0.05) is 41.4 Å². The summed E-state index contributed by atoms with van der Waals surface area (Å²) in [6, 6.07) is 16.1. The topological polar surface area (TPSA) is 56.1 Å². The fraction of sp³-hybridized carbons (Fsp3) is 0.111. The Morgan fingerprint density at radius 3 is 2.60 bits per heavy atom. The molecule has 0 radical (unpaired) electrons. The van der Waals surface area contributed by atoms with Crippen LogP contribution in [0.3, 0.4) is 0 Å². The Balaban J connectivity index is 1.53. The molecule has 0 spiro atoms. The van der Waals surface area contributed by atoms with Gasteiger partial charge in [0.1, 0.15) is 5.75 Å². The summed E-state index contributed by atoms with van der Waals surface area (Å²) in [5.74, 6) is 0.735. The molecule has 128 valence electrons. The first-order valence-electron chi connectivity index (χ1n) is 7.55. The monoisotopic (exact) mass is 375 g/mol. The fourth-order valence-corrected chi connectivity index (χ4v) is 2.50. The Labute approximate surface area is 155 Å². The minimum Gasteiger partial charge on any atom is -0.484 e. The van der Waals surface area contributed by atoms with E-state index >= 15 is 0 Å². The quantitative estimate of drug-likeness (QED) is 0.700. The van der Waals surface area contributed by atoms with E-state index in [4.69, 9.17) is 27.9 Å². The number of halogens is 2. The zero-order valence-corrected chi connectivity index (χ0v) is 14.7. The second-order valence-electron chi connectivity index (χ2n) is 5.28. The molecule has 1 amide bonds. The summed E-state index contributed by atoms with van der Waals surface area (Å²) in [7, 11) is 0. The van der Waals surface area contributed by atoms with Crippen molar-refractivity contribution in [2.75, 3.05) is 11.9 Å². The van der Waals surface area contributed by atoms with Crippen LogP contribution >= 0.6 is 23.2 Å². The number of nitrogens with one attached hydrogen (secondary N) is 1. The van der Waals surface area contributed by atoms with Gasteiger partial charge in [-0.3, -0.25) is 9.48 Å². The van der Waals surface area contributed by atoms with Crippen molar-refractivity contribution in [1.29, 1.82) is 0 Å². The summed E-state index contributed by atoms with van der Waals surface area (Å²) in [6.07, 6.45) is 1.78. The zero-order chi connectivity index (χ0) is 17.6. The van der Waals surface area contributed by atoms with Crippen molar-refractivity contribution >= 4 is 34.9 Å². The van der Waals surface area contributed by atoms with Gasteiger partial charge in [0.05, 0.1) is 6.54 Å². The van der Waals surface area contributed by atoms with Gasteiger partial charge in [-0.2, -0.15) is 5.10 Å². The molecule has 3 aromatic rings. The molecule has 1 N–H and O–H groups in total. The van der Waals surface area contributed by atoms with Crippen molar-refractivity contribution in [3.05, 3.63) is 76.4 Å². The SMILES string of the molecule is O=C(COc1ccc(Cl)cc1)Nc1ccn(Cc2ccccc2Cl)n1. The van der Waals surface area contributed by atoms with E-state index in [0.29, 0.717) is 28.2 Å². The van der Waals surface area contributed by atoms with Gasteiger partial charge in [0.2, 0.25) is 0 Å². The lowest BCUT2D eigenvalue weighted by molar-refractivity contribution is -0.118. The first-order valence-corrected chi connectivity index (χ1v) is 8.31. The standard InChI is InChI=1S/C18H15Cl2N3O2/c19-14-5-7-15(8-6-14)25-12-18(24)21-17-9-10-23(22-17)11-13-3-1-2-4-16(13)20/h1-10H,11-12H2,(H,21,22,24). The van der Waals surface area contributed by atoms with E-state index in [0.717, 1.165) is 5.56 Å². The molecule has 0 atom stereocenters. The molecule has 0 bridgehead atoms. The average molecular weight is 376 g/mol. The maximum absolute atomic E-state index is 11.9. The highest BCUT2D eigenvalue weighted by Crippen LogP contribution is 2.17. The van der Waals surface area contributed by atoms with Crippen LogP contribution in [-0.4, -0.2) is 22.3 Å². The summed E-state index contributed by atoms with van der Waals surface area (Å²) in [5, 5.41) is 8.29. The van der Waals surface area contributed by atoms with Gasteiger partial charge < -0.3 is 10.1 Å². The van der Waals surface area contributed by atoms with Crippen molar-refractivity contribution in [2.45, 2.75) is 6.54 Å². The number of nitrogens with zero attached hydrogens (tertiary/aromatic N) is 2. The van der Waals surface area contributed by atoms with Crippen LogP contribution in [0.1, 0.15) is 5.56 Å². The molecule has 0 saturated carbocycles. The van der Waals surface area contributed by atoms with Crippen LogP contribution in [-0.2, 0) is 11.3 Å². The molecule has 0 fully saturated rings. The van der Waals surface area contributed by atoms with E-state index in [9.17, 15) is 4.79 Å². The first kappa shape index (κ1) is 17.3. The zero-order valence-electron chi connectivity index (χ0n) is 13.2. The average Bonchev–Trinajstić information content (AvgIpc) is 3.03. The van der Waals surface area contributed by atoms with Crippen LogP contribution in [0.4, 0.5) is 5.82 Å². The molecule has 5 nitrogen and oxygen atoms in total. The molecule has 0 unspecified atom stereocenters. The second kappa shape index (κ2) is 8.05. The highest BCUT2D eigenvalue weighted by Gasteiger charge is 2.07. The number of hydrogen-bond acceptors (Lipinski definition) is 3. The van der Waals surface area contributed by atoms with Crippen LogP contribution in [0, 0.1) is 0 Å². The Bertz CT molecular complexity index is 863. The van der Waals surface area contributed by atoms with E-state index in [1.54, 1.807) is 41.2 Å². The molecule has 3 rings (SSSR count). The molecule has 0 aliphatic rings. The van der Waals surface area contributed by atoms with Crippen molar-refractivity contribution in [2.24, 2.45) is 0 Å². The van der Waals surface area contributed by atoms with Crippen molar-refractivity contribution in [3.63, 3.8) is 0 Å². The minimum absolute atomic E-state index is 0.112. The molecule has 0 saturated heterocycles. The lowest BCUT2D eigenvalue weighted by Crippen LogP contribution is -2.20. The van der Waals surface area contributed by atoms with E-state index in [-0.39, 0.29) is 12.5 Å². The van der Waals surface area contributed by atoms with E-state index in [1.807, 2.05) is 24.3 Å². The maximum atomic E-state index is 11.9. The number of ether oxygens (including phenoxy) is 1. The number of carbonyl (C=O) groups excluding carboxylic acids is 1. The van der Waals surface area contributed by atoms with Gasteiger partial charge in [0.15, 0.2) is 12.4 Å². The molecule has 25 heavy (non-hydrogen) atoms. The van der Waals surface area contributed by atoms with Crippen molar-refractivity contribution in [3.8, 4) is 5.75 Å². The number of anilines is 1. The predicted molar refractivity (Wildman–Crippen MR) is 98.4 cm³/mol. The van der Waals surface area contributed by atoms with Crippen molar-refractivity contribution in [1.82, 2.24) is 9.78 Å². The molecular formula is C18H15Cl2N3O2. The smallest absolute Gasteiger partial charge is 0.263 e. The van der Waals surface area contributed by atoms with Crippen LogP contribution in [0.25, 0.3) is 0 Å². The van der Waals surface area contributed by atoms with Gasteiger partial charge in [-0.15, -0.1) is 0 Å². The molecular weight excluding hydrogens is 361 g/mol. The van der Waals surface area contributed by atoms with Gasteiger partial charge in [-0.25, -0.2) is 0 Å². The predicted octanol–water partition coefficient (Wildman–Crippen LogP) is 4.26. The minimum atomic E-state index is -0.294. The lowest BCUT2D eigenvalue weighted by atomic mass is 10.2. The Hall–Kier alpha value is -2.50. The molecule has 0 aliphatic carbocycles. The summed E-state index contributed by atoms with van der Waals surface area (Å²) >= 11 is 11.9. The molecule has 7 heteroatoms. The number of amides is 1. The number of hydrogen-bond donors (Lipinski definition) is 1. The van der Waals surface area contributed by atoms with Crippen LogP contribution in [0.15, 0.2) is 60.8 Å². The Morgan fingerprint density at radius 2 is 1.84 bits per heavy atom. The fourth-order valence-electron chi connectivity index (χ4n) is 2.18. The maximum Gasteiger partial charge on any atom is 0.263 e. The van der Waals surface area contributed by atoms with Crippen LogP contribution in [0.2, 0.25) is 10.0 Å². The number of carbonyl (C=O) groups is 1. The summed E-state index contributed by atoms with van der Waals surface area (Å²) in [6.45, 7) is 0.413. The molecule has 0 aliphatic heterocycles. The summed E-state index contributed by atoms with van der Waals surface area (Å²) < 4.78 is 7.10. The lowest BCUT2D eigenvalue weighted by Gasteiger charge is -2.06. The molecule has 1 heterocycles. The largest absolute Gasteiger partial charge is 0.484 e. The second-order valence-corrected chi connectivity index (χ2v) is 6.12. The summed E-state index contributed by atoms with van der Waals surface area (Å²) in [5.41, 5.74) is 0.955. The van der Waals surface area contributed by atoms with E-state index < -0.39 is 0 Å². The molecule has 1 aromatic heterocycles. The number of rotatable bonds is 6. The Morgan fingerprint density at radius 1 is 1.08 bits per heavy atom. The van der Waals surface area contributed by atoms with Crippen LogP contribution in [0.5, 0.6) is 5.75 Å². The molecule has 2 aromatic carbocycles. The van der Waals surface area contributed by atoms with Gasteiger partial charge in [0.25, 0.3) is 5.91 Å². The van der Waals surface area contributed by atoms with Gasteiger partial charge in [-0.05, 0) is 35.9 Å². The normalized spacial score (nSPS) is 10.5. The third-order valence-corrected chi connectivity index (χ3v) is 4.00. The first-order chi connectivity index (χ1) is 12.1. The third kappa shape index (κ3) is 4.98. The summed E-state index contributed by atoms with van der Waals surface area (Å²) in [4.78, 5) is 11.9. The highest BCUT2D eigenvalue weighted by atomic mass is 35.5. The van der Waals surface area contributed by atoms with E-state index in [1.165, 1.54) is 0 Å². The number of aromatic nitrogens is 2. The van der Waals surface area contributed by atoms with E-state index in [2.05, 4.69) is 10.4 Å². The van der Waals surface area contributed by atoms with Gasteiger partial charge >= 0.3 is 0 Å². The third-order valence-electron chi connectivity index (χ3n) is 3.38. The number of benzene rings is 2. The van der Waals surface area contributed by atoms with Gasteiger partial charge in [0, 0.05) is 22.3 Å².